The molecule has 0 aliphatic carbocycles. The topological polar surface area (TPSA) is 77.9 Å². The van der Waals surface area contributed by atoms with Crippen molar-refractivity contribution in [3.8, 4) is 0 Å². The molecule has 2 fully saturated rings. The number of hydrogen-bond donors (Lipinski definition) is 1. The van der Waals surface area contributed by atoms with Crippen LogP contribution in [0.2, 0.25) is 0 Å². The Hall–Kier alpha value is -0.660. The van der Waals surface area contributed by atoms with Gasteiger partial charge in [-0.3, -0.25) is 4.79 Å². The van der Waals surface area contributed by atoms with Gasteiger partial charge in [0.2, 0.25) is 0 Å². The van der Waals surface area contributed by atoms with E-state index in [4.69, 9.17) is 5.11 Å². The highest BCUT2D eigenvalue weighted by atomic mass is 32.2. The molecule has 2 rings (SSSR count). The summed E-state index contributed by atoms with van der Waals surface area (Å²) in [6.45, 7) is 3.72. The normalized spacial score (nSPS) is 31.2. The Labute approximate surface area is 114 Å². The van der Waals surface area contributed by atoms with Gasteiger partial charge in [-0.2, -0.15) is 17.0 Å². The molecule has 0 aromatic carbocycles. The van der Waals surface area contributed by atoms with E-state index in [1.54, 1.807) is 0 Å². The van der Waals surface area contributed by atoms with Crippen molar-refractivity contribution in [2.45, 2.75) is 32.6 Å². The number of carboxylic acids is 1. The molecule has 0 bridgehead atoms. The summed E-state index contributed by atoms with van der Waals surface area (Å²) < 4.78 is 27.9. The summed E-state index contributed by atoms with van der Waals surface area (Å²) in [5, 5.41) is 9.04. The van der Waals surface area contributed by atoms with Crippen LogP contribution in [0.15, 0.2) is 0 Å². The van der Waals surface area contributed by atoms with E-state index in [0.717, 1.165) is 12.8 Å². The predicted molar refractivity (Wildman–Crippen MR) is 70.8 cm³/mol. The summed E-state index contributed by atoms with van der Waals surface area (Å²) in [5.41, 5.74) is 0. The Morgan fingerprint density at radius 3 is 2.26 bits per heavy atom. The fourth-order valence-electron chi connectivity index (χ4n) is 2.87. The van der Waals surface area contributed by atoms with E-state index in [1.165, 1.54) is 8.61 Å². The first-order valence-electron chi connectivity index (χ1n) is 6.89. The van der Waals surface area contributed by atoms with Crippen molar-refractivity contribution in [1.82, 2.24) is 8.61 Å². The minimum absolute atomic E-state index is 0.114. The Morgan fingerprint density at radius 1 is 1.11 bits per heavy atom. The van der Waals surface area contributed by atoms with Gasteiger partial charge in [-0.15, -0.1) is 0 Å². The molecule has 0 aromatic rings. The van der Waals surface area contributed by atoms with Crippen LogP contribution in [0.5, 0.6) is 0 Å². The second-order valence-corrected chi connectivity index (χ2v) is 7.58. The third kappa shape index (κ3) is 3.27. The minimum Gasteiger partial charge on any atom is -0.481 e. The highest BCUT2D eigenvalue weighted by Crippen LogP contribution is 2.25. The summed E-state index contributed by atoms with van der Waals surface area (Å²) >= 11 is 0. The molecule has 2 atom stereocenters. The van der Waals surface area contributed by atoms with Gasteiger partial charge in [0, 0.05) is 26.2 Å². The van der Waals surface area contributed by atoms with Gasteiger partial charge in [-0.25, -0.2) is 0 Å². The molecule has 19 heavy (non-hydrogen) atoms. The number of hydrogen-bond acceptors (Lipinski definition) is 3. The van der Waals surface area contributed by atoms with E-state index in [-0.39, 0.29) is 6.54 Å². The van der Waals surface area contributed by atoms with Crippen molar-refractivity contribution in [1.29, 1.82) is 0 Å². The number of aliphatic carboxylic acids is 1. The molecule has 0 aromatic heterocycles. The standard InChI is InChI=1S/C12H22N2O4S/c1-10-4-2-6-13(8-10)19(17,18)14-7-3-5-11(9-14)12(15)16/h10-11H,2-9H2,1H3,(H,15,16). The zero-order valence-electron chi connectivity index (χ0n) is 11.3. The van der Waals surface area contributed by atoms with Gasteiger partial charge in [0.25, 0.3) is 10.2 Å². The average Bonchev–Trinajstić information content (AvgIpc) is 2.39. The fourth-order valence-corrected chi connectivity index (χ4v) is 4.73. The summed E-state index contributed by atoms with van der Waals surface area (Å²) in [5.74, 6) is -1.08. The largest absolute Gasteiger partial charge is 0.481 e. The van der Waals surface area contributed by atoms with Crippen LogP contribution in [0.1, 0.15) is 32.6 Å². The van der Waals surface area contributed by atoms with Crippen LogP contribution < -0.4 is 0 Å². The molecular weight excluding hydrogens is 268 g/mol. The number of carbonyl (C=O) groups is 1. The summed E-state index contributed by atoms with van der Waals surface area (Å²) in [6, 6.07) is 0. The third-order valence-corrected chi connectivity index (χ3v) is 5.97. The fraction of sp³-hybridized carbons (Fsp3) is 0.917. The van der Waals surface area contributed by atoms with Gasteiger partial charge in [-0.05, 0) is 31.6 Å². The maximum Gasteiger partial charge on any atom is 0.307 e. The van der Waals surface area contributed by atoms with Gasteiger partial charge in [0.05, 0.1) is 5.92 Å². The van der Waals surface area contributed by atoms with Crippen molar-refractivity contribution >= 4 is 16.2 Å². The van der Waals surface area contributed by atoms with E-state index >= 15 is 0 Å². The highest BCUT2D eigenvalue weighted by molar-refractivity contribution is 7.86. The number of rotatable bonds is 3. The summed E-state index contributed by atoms with van der Waals surface area (Å²) in [6.07, 6.45) is 3.14. The molecule has 0 spiro atoms. The molecule has 0 radical (unpaired) electrons. The molecular formula is C12H22N2O4S. The van der Waals surface area contributed by atoms with Gasteiger partial charge in [0.1, 0.15) is 0 Å². The molecule has 110 valence electrons. The second kappa shape index (κ2) is 5.76. The van der Waals surface area contributed by atoms with Crippen LogP contribution in [-0.2, 0) is 15.0 Å². The van der Waals surface area contributed by atoms with Crippen LogP contribution >= 0.6 is 0 Å². The molecule has 6 nitrogen and oxygen atoms in total. The molecule has 2 unspecified atom stereocenters. The van der Waals surface area contributed by atoms with Crippen molar-refractivity contribution < 1.29 is 18.3 Å². The molecule has 0 amide bonds. The molecule has 2 heterocycles. The first-order valence-corrected chi connectivity index (χ1v) is 8.29. The third-order valence-electron chi connectivity index (χ3n) is 4.01. The van der Waals surface area contributed by atoms with Crippen molar-refractivity contribution in [3.05, 3.63) is 0 Å². The van der Waals surface area contributed by atoms with Gasteiger partial charge in [0.15, 0.2) is 0 Å². The average molecular weight is 290 g/mol. The Morgan fingerprint density at radius 2 is 1.68 bits per heavy atom. The van der Waals surface area contributed by atoms with Gasteiger partial charge in [-0.1, -0.05) is 6.92 Å². The maximum atomic E-state index is 12.5. The Balaban J connectivity index is 2.08. The summed E-state index contributed by atoms with van der Waals surface area (Å²) in [7, 11) is -3.48. The molecule has 7 heteroatoms. The first kappa shape index (κ1) is 14.7. The zero-order valence-corrected chi connectivity index (χ0v) is 12.1. The Bertz CT molecular complexity index is 437. The maximum absolute atomic E-state index is 12.5. The Kier molecular flexibility index (Phi) is 4.47. The summed E-state index contributed by atoms with van der Waals surface area (Å²) in [4.78, 5) is 11.0. The van der Waals surface area contributed by atoms with Crippen LogP contribution in [0.4, 0.5) is 0 Å². The van der Waals surface area contributed by atoms with Crippen molar-refractivity contribution in [2.24, 2.45) is 11.8 Å². The lowest BCUT2D eigenvalue weighted by Gasteiger charge is -2.37. The smallest absolute Gasteiger partial charge is 0.307 e. The first-order chi connectivity index (χ1) is 8.91. The van der Waals surface area contributed by atoms with E-state index in [1.807, 2.05) is 0 Å². The molecule has 2 aliphatic heterocycles. The molecule has 0 saturated carbocycles. The van der Waals surface area contributed by atoms with Gasteiger partial charge < -0.3 is 5.11 Å². The molecule has 2 aliphatic rings. The van der Waals surface area contributed by atoms with Crippen LogP contribution in [-0.4, -0.2) is 54.3 Å². The number of piperidine rings is 2. The van der Waals surface area contributed by atoms with Gasteiger partial charge >= 0.3 is 5.97 Å². The van der Waals surface area contributed by atoms with Crippen LogP contribution in [0, 0.1) is 11.8 Å². The lowest BCUT2D eigenvalue weighted by molar-refractivity contribution is -0.142. The van der Waals surface area contributed by atoms with Crippen molar-refractivity contribution in [3.63, 3.8) is 0 Å². The minimum atomic E-state index is -3.48. The van der Waals surface area contributed by atoms with Crippen LogP contribution in [0.25, 0.3) is 0 Å². The quantitative estimate of drug-likeness (QED) is 0.832. The molecule has 2 saturated heterocycles. The van der Waals surface area contributed by atoms with E-state index in [9.17, 15) is 13.2 Å². The van der Waals surface area contributed by atoms with E-state index in [0.29, 0.717) is 38.4 Å². The van der Waals surface area contributed by atoms with Crippen LogP contribution in [0.3, 0.4) is 0 Å². The number of nitrogens with zero attached hydrogens (tertiary/aromatic N) is 2. The predicted octanol–water partition coefficient (Wildman–Crippen LogP) is 0.760. The lowest BCUT2D eigenvalue weighted by atomic mass is 10.0. The van der Waals surface area contributed by atoms with E-state index < -0.39 is 22.1 Å². The molecule has 1 N–H and O–H groups in total. The van der Waals surface area contributed by atoms with Crippen molar-refractivity contribution in [2.75, 3.05) is 26.2 Å². The number of carboxylic acid groups (broad SMARTS) is 1. The monoisotopic (exact) mass is 290 g/mol. The second-order valence-electron chi connectivity index (χ2n) is 5.65. The van der Waals surface area contributed by atoms with E-state index in [2.05, 4.69) is 6.92 Å². The highest BCUT2D eigenvalue weighted by Gasteiger charge is 2.37. The SMILES string of the molecule is CC1CCCN(S(=O)(=O)N2CCCC(C(=O)O)C2)C1. The lowest BCUT2D eigenvalue weighted by Crippen LogP contribution is -2.51. The zero-order chi connectivity index (χ0) is 14.0.